The highest BCUT2D eigenvalue weighted by Crippen LogP contribution is 2.17. The number of nitrogens with two attached hydrogens (primary N) is 1. The van der Waals surface area contributed by atoms with E-state index in [1.54, 1.807) is 12.3 Å². The van der Waals surface area contributed by atoms with Crippen LogP contribution in [0.4, 0.5) is 0 Å². The van der Waals surface area contributed by atoms with Crippen LogP contribution in [0.1, 0.15) is 12.0 Å². The van der Waals surface area contributed by atoms with E-state index in [0.29, 0.717) is 11.5 Å². The summed E-state index contributed by atoms with van der Waals surface area (Å²) in [7, 11) is 0. The van der Waals surface area contributed by atoms with Crippen LogP contribution in [0.15, 0.2) is 27.3 Å². The molecule has 2 aromatic rings. The van der Waals surface area contributed by atoms with Crippen LogP contribution in [0, 0.1) is 0 Å². The average Bonchev–Trinajstić information content (AvgIpc) is 2.78. The van der Waals surface area contributed by atoms with Gasteiger partial charge < -0.3 is 15.4 Å². The lowest BCUT2D eigenvalue weighted by molar-refractivity contribution is 0.141. The van der Waals surface area contributed by atoms with Crippen LogP contribution in [0.3, 0.4) is 0 Å². The molecule has 2 heterocycles. The first kappa shape index (κ1) is 11.2. The Morgan fingerprint density at radius 2 is 2.31 bits per heavy atom. The Morgan fingerprint density at radius 3 is 2.94 bits per heavy atom. The van der Waals surface area contributed by atoms with E-state index in [1.165, 1.54) is 0 Å². The van der Waals surface area contributed by atoms with Gasteiger partial charge in [0.05, 0.1) is 0 Å². The van der Waals surface area contributed by atoms with Crippen molar-refractivity contribution in [3.8, 4) is 11.5 Å². The molecule has 84 valence electrons. The van der Waals surface area contributed by atoms with Gasteiger partial charge in [-0.1, -0.05) is 5.16 Å². The standard InChI is InChI=1S/C9H9BrN4O2/c10-5-1-2-6(12-4-5)8-13-9(16-14-8)7(15)3-11/h1-2,4,7,15H,3,11H2/t7-/m0/s1. The van der Waals surface area contributed by atoms with E-state index in [9.17, 15) is 5.11 Å². The van der Waals surface area contributed by atoms with Crippen molar-refractivity contribution >= 4 is 15.9 Å². The molecule has 0 amide bonds. The van der Waals surface area contributed by atoms with E-state index < -0.39 is 6.10 Å². The van der Waals surface area contributed by atoms with Crippen molar-refractivity contribution in [2.45, 2.75) is 6.10 Å². The van der Waals surface area contributed by atoms with Crippen LogP contribution in [-0.2, 0) is 0 Å². The van der Waals surface area contributed by atoms with Crippen molar-refractivity contribution in [3.05, 3.63) is 28.7 Å². The topological polar surface area (TPSA) is 98.1 Å². The number of hydrogen-bond acceptors (Lipinski definition) is 6. The summed E-state index contributed by atoms with van der Waals surface area (Å²) in [5, 5.41) is 13.1. The van der Waals surface area contributed by atoms with E-state index in [1.807, 2.05) is 6.07 Å². The molecule has 2 aromatic heterocycles. The summed E-state index contributed by atoms with van der Waals surface area (Å²) in [5.41, 5.74) is 5.84. The van der Waals surface area contributed by atoms with Crippen molar-refractivity contribution in [1.82, 2.24) is 15.1 Å². The van der Waals surface area contributed by atoms with Crippen LogP contribution in [0.25, 0.3) is 11.5 Å². The lowest BCUT2D eigenvalue weighted by Crippen LogP contribution is -2.11. The fraction of sp³-hybridized carbons (Fsp3) is 0.222. The van der Waals surface area contributed by atoms with Crippen molar-refractivity contribution in [2.75, 3.05) is 6.54 Å². The van der Waals surface area contributed by atoms with Crippen LogP contribution in [0.5, 0.6) is 0 Å². The number of aromatic nitrogens is 3. The minimum atomic E-state index is -0.934. The SMILES string of the molecule is NC[C@H](O)c1nc(-c2ccc(Br)cn2)no1. The van der Waals surface area contributed by atoms with Gasteiger partial charge in [0.1, 0.15) is 11.8 Å². The number of nitrogens with zero attached hydrogens (tertiary/aromatic N) is 3. The van der Waals surface area contributed by atoms with E-state index >= 15 is 0 Å². The molecule has 16 heavy (non-hydrogen) atoms. The molecule has 1 atom stereocenters. The molecule has 0 saturated heterocycles. The second-order valence-corrected chi connectivity index (χ2v) is 3.99. The van der Waals surface area contributed by atoms with Crippen LogP contribution in [0.2, 0.25) is 0 Å². The Kier molecular flexibility index (Phi) is 3.28. The number of aliphatic hydroxyl groups is 1. The molecule has 0 spiro atoms. The fourth-order valence-corrected chi connectivity index (χ4v) is 1.32. The molecule has 7 heteroatoms. The van der Waals surface area contributed by atoms with Crippen LogP contribution >= 0.6 is 15.9 Å². The van der Waals surface area contributed by atoms with Crippen molar-refractivity contribution in [1.29, 1.82) is 0 Å². The maximum absolute atomic E-state index is 9.38. The van der Waals surface area contributed by atoms with Gasteiger partial charge in [0.25, 0.3) is 5.89 Å². The zero-order valence-corrected chi connectivity index (χ0v) is 9.75. The number of halogens is 1. The molecule has 0 fully saturated rings. The zero-order valence-electron chi connectivity index (χ0n) is 8.17. The molecular formula is C9H9BrN4O2. The lowest BCUT2D eigenvalue weighted by atomic mass is 10.3. The summed E-state index contributed by atoms with van der Waals surface area (Å²) in [5.74, 6) is 0.428. The molecule has 0 bridgehead atoms. The number of hydrogen-bond donors (Lipinski definition) is 2. The number of rotatable bonds is 3. The Labute approximate surface area is 99.6 Å². The van der Waals surface area contributed by atoms with Gasteiger partial charge in [0, 0.05) is 17.2 Å². The quantitative estimate of drug-likeness (QED) is 0.869. The molecule has 0 aliphatic heterocycles. The van der Waals surface area contributed by atoms with Gasteiger partial charge in [-0.3, -0.25) is 4.98 Å². The van der Waals surface area contributed by atoms with E-state index in [4.69, 9.17) is 10.3 Å². The summed E-state index contributed by atoms with van der Waals surface area (Å²) in [6.45, 7) is 0.0371. The van der Waals surface area contributed by atoms with E-state index in [-0.39, 0.29) is 12.4 Å². The molecule has 0 saturated carbocycles. The summed E-state index contributed by atoms with van der Waals surface area (Å²) < 4.78 is 5.72. The number of pyridine rings is 1. The van der Waals surface area contributed by atoms with Gasteiger partial charge in [-0.2, -0.15) is 4.98 Å². The largest absolute Gasteiger partial charge is 0.382 e. The molecule has 3 N–H and O–H groups in total. The Hall–Kier alpha value is -1.31. The number of aliphatic hydroxyl groups excluding tert-OH is 1. The highest BCUT2D eigenvalue weighted by molar-refractivity contribution is 9.10. The van der Waals surface area contributed by atoms with Gasteiger partial charge in [-0.05, 0) is 28.1 Å². The molecule has 0 aromatic carbocycles. The molecule has 6 nitrogen and oxygen atoms in total. The summed E-state index contributed by atoms with van der Waals surface area (Å²) in [4.78, 5) is 8.10. The molecule has 0 radical (unpaired) electrons. The van der Waals surface area contributed by atoms with Crippen LogP contribution < -0.4 is 5.73 Å². The first-order valence-corrected chi connectivity index (χ1v) is 5.33. The smallest absolute Gasteiger partial charge is 0.257 e. The van der Waals surface area contributed by atoms with Gasteiger partial charge in [0.2, 0.25) is 5.82 Å². The van der Waals surface area contributed by atoms with Gasteiger partial charge in [-0.25, -0.2) is 0 Å². The van der Waals surface area contributed by atoms with E-state index in [0.717, 1.165) is 4.47 Å². The predicted molar refractivity (Wildman–Crippen MR) is 59.2 cm³/mol. The first-order valence-electron chi connectivity index (χ1n) is 4.54. The van der Waals surface area contributed by atoms with Crippen molar-refractivity contribution in [2.24, 2.45) is 5.73 Å². The molecule has 0 unspecified atom stereocenters. The highest BCUT2D eigenvalue weighted by atomic mass is 79.9. The predicted octanol–water partition coefficient (Wildman–Crippen LogP) is 0.886. The summed E-state index contributed by atoms with van der Waals surface area (Å²) >= 11 is 3.27. The third-order valence-corrected chi connectivity index (χ3v) is 2.38. The third-order valence-electron chi connectivity index (χ3n) is 1.91. The molecule has 0 aliphatic carbocycles. The monoisotopic (exact) mass is 284 g/mol. The second kappa shape index (κ2) is 4.69. The highest BCUT2D eigenvalue weighted by Gasteiger charge is 2.15. The van der Waals surface area contributed by atoms with Crippen LogP contribution in [-0.4, -0.2) is 26.8 Å². The van der Waals surface area contributed by atoms with E-state index in [2.05, 4.69) is 31.1 Å². The third kappa shape index (κ3) is 2.26. The molecule has 2 rings (SSSR count). The normalized spacial score (nSPS) is 12.7. The van der Waals surface area contributed by atoms with Gasteiger partial charge >= 0.3 is 0 Å². The Morgan fingerprint density at radius 1 is 1.50 bits per heavy atom. The zero-order chi connectivity index (χ0) is 11.5. The second-order valence-electron chi connectivity index (χ2n) is 3.07. The summed E-state index contributed by atoms with van der Waals surface area (Å²) in [6, 6.07) is 3.56. The Bertz CT molecular complexity index is 471. The maximum Gasteiger partial charge on any atom is 0.257 e. The Balaban J connectivity index is 2.28. The maximum atomic E-state index is 9.38. The van der Waals surface area contributed by atoms with Gasteiger partial charge in [0.15, 0.2) is 0 Å². The van der Waals surface area contributed by atoms with Gasteiger partial charge in [-0.15, -0.1) is 0 Å². The minimum Gasteiger partial charge on any atom is -0.382 e. The van der Waals surface area contributed by atoms with Crippen molar-refractivity contribution < 1.29 is 9.63 Å². The average molecular weight is 285 g/mol. The lowest BCUT2D eigenvalue weighted by Gasteiger charge is -1.98. The fourth-order valence-electron chi connectivity index (χ4n) is 1.08. The molecular weight excluding hydrogens is 276 g/mol. The first-order chi connectivity index (χ1) is 7.70. The minimum absolute atomic E-state index is 0.0371. The van der Waals surface area contributed by atoms with Crippen molar-refractivity contribution in [3.63, 3.8) is 0 Å². The molecule has 0 aliphatic rings. The summed E-state index contributed by atoms with van der Waals surface area (Å²) in [6.07, 6.45) is 0.696.